The van der Waals surface area contributed by atoms with Crippen molar-refractivity contribution in [3.05, 3.63) is 40.2 Å². The first-order valence-electron chi connectivity index (χ1n) is 10.4. The molecule has 0 atom stereocenters. The highest BCUT2D eigenvalue weighted by molar-refractivity contribution is 5.96. The van der Waals surface area contributed by atoms with E-state index in [-0.39, 0.29) is 5.78 Å². The van der Waals surface area contributed by atoms with E-state index >= 15 is 0 Å². The Morgan fingerprint density at radius 2 is 1.73 bits per heavy atom. The third-order valence-corrected chi connectivity index (χ3v) is 5.40. The molecule has 0 unspecified atom stereocenters. The van der Waals surface area contributed by atoms with Gasteiger partial charge in [-0.1, -0.05) is 72.4 Å². The van der Waals surface area contributed by atoms with E-state index < -0.39 is 0 Å². The Bertz CT molecular complexity index is 665. The van der Waals surface area contributed by atoms with Crippen LogP contribution in [-0.4, -0.2) is 5.78 Å². The molecule has 2 nitrogen and oxygen atoms in total. The van der Waals surface area contributed by atoms with E-state index in [1.54, 1.807) is 0 Å². The molecule has 2 heteroatoms. The van der Waals surface area contributed by atoms with Gasteiger partial charge < -0.3 is 4.74 Å². The van der Waals surface area contributed by atoms with Crippen LogP contribution >= 0.6 is 0 Å². The van der Waals surface area contributed by atoms with Gasteiger partial charge >= 0.3 is 0 Å². The maximum absolute atomic E-state index is 12.8. The topological polar surface area (TPSA) is 26.3 Å². The van der Waals surface area contributed by atoms with Crippen molar-refractivity contribution in [1.82, 2.24) is 0 Å². The summed E-state index contributed by atoms with van der Waals surface area (Å²) in [4.78, 5) is 12.8. The predicted molar refractivity (Wildman–Crippen MR) is 110 cm³/mol. The lowest BCUT2D eigenvalue weighted by Gasteiger charge is -2.26. The summed E-state index contributed by atoms with van der Waals surface area (Å²) in [5.74, 6) is 2.94. The van der Waals surface area contributed by atoms with E-state index in [1.807, 2.05) is 6.92 Å². The lowest BCUT2D eigenvalue weighted by atomic mass is 9.87. The molecule has 26 heavy (non-hydrogen) atoms. The summed E-state index contributed by atoms with van der Waals surface area (Å²) in [7, 11) is 0. The first-order valence-corrected chi connectivity index (χ1v) is 10.4. The number of ketones is 1. The molecule has 1 aromatic rings. The summed E-state index contributed by atoms with van der Waals surface area (Å²) >= 11 is 0. The van der Waals surface area contributed by atoms with Crippen molar-refractivity contribution >= 4 is 5.78 Å². The number of rotatable bonds is 9. The van der Waals surface area contributed by atoms with Gasteiger partial charge in [-0.2, -0.15) is 0 Å². The second-order valence-corrected chi connectivity index (χ2v) is 8.31. The molecule has 0 amide bonds. The Labute approximate surface area is 160 Å². The van der Waals surface area contributed by atoms with Gasteiger partial charge in [0.15, 0.2) is 5.78 Å². The molecule has 0 aliphatic carbocycles. The molecule has 2 rings (SSSR count). The van der Waals surface area contributed by atoms with Crippen molar-refractivity contribution in [1.29, 1.82) is 0 Å². The third-order valence-electron chi connectivity index (χ3n) is 5.40. The van der Waals surface area contributed by atoms with Gasteiger partial charge in [0.2, 0.25) is 0 Å². The van der Waals surface area contributed by atoms with Gasteiger partial charge in [0.1, 0.15) is 11.5 Å². The van der Waals surface area contributed by atoms with Crippen LogP contribution < -0.4 is 4.74 Å². The number of ether oxygens (including phenoxy) is 1. The fourth-order valence-corrected chi connectivity index (χ4v) is 3.62. The van der Waals surface area contributed by atoms with Crippen molar-refractivity contribution in [2.24, 2.45) is 0 Å². The Hall–Kier alpha value is -1.57. The van der Waals surface area contributed by atoms with Gasteiger partial charge in [0.25, 0.3) is 0 Å². The second kappa shape index (κ2) is 9.39. The number of unbranched alkanes of at least 4 members (excludes halogenated alkanes) is 4. The van der Waals surface area contributed by atoms with Crippen LogP contribution in [0.2, 0.25) is 0 Å². The highest BCUT2D eigenvalue weighted by Crippen LogP contribution is 2.39. The van der Waals surface area contributed by atoms with Crippen LogP contribution in [0.15, 0.2) is 23.5 Å². The third kappa shape index (κ3) is 4.99. The average molecular weight is 357 g/mol. The Kier molecular flexibility index (Phi) is 7.49. The summed E-state index contributed by atoms with van der Waals surface area (Å²) in [6.45, 7) is 13.0. The van der Waals surface area contributed by atoms with Gasteiger partial charge in [-0.05, 0) is 41.9 Å². The zero-order valence-corrected chi connectivity index (χ0v) is 17.6. The normalized spacial score (nSPS) is 14.0. The smallest absolute Gasteiger partial charge is 0.162 e. The molecule has 0 fully saturated rings. The fraction of sp³-hybridized carbons (Fsp3) is 0.625. The molecular weight excluding hydrogens is 320 g/mol. The highest BCUT2D eigenvalue weighted by Gasteiger charge is 2.26. The molecule has 0 aromatic heterocycles. The monoisotopic (exact) mass is 356 g/mol. The number of allylic oxidation sites excluding steroid dienone is 2. The molecular formula is C24H36O2. The summed E-state index contributed by atoms with van der Waals surface area (Å²) < 4.78 is 6.20. The predicted octanol–water partition coefficient (Wildman–Crippen LogP) is 7.07. The Balaban J connectivity index is 2.18. The molecule has 0 N–H and O–H groups in total. The lowest BCUT2D eigenvalue weighted by molar-refractivity contribution is -0.116. The molecule has 0 bridgehead atoms. The molecule has 0 radical (unpaired) electrons. The summed E-state index contributed by atoms with van der Waals surface area (Å²) in [6, 6.07) is 4.52. The Morgan fingerprint density at radius 1 is 1.04 bits per heavy atom. The number of hydrogen-bond acceptors (Lipinski definition) is 2. The molecule has 1 aliphatic heterocycles. The zero-order valence-electron chi connectivity index (χ0n) is 17.6. The fourth-order valence-electron chi connectivity index (χ4n) is 3.62. The number of benzene rings is 1. The lowest BCUT2D eigenvalue weighted by Crippen LogP contribution is -2.17. The minimum absolute atomic E-state index is 0.269. The molecule has 1 aromatic carbocycles. The largest absolute Gasteiger partial charge is 0.461 e. The van der Waals surface area contributed by atoms with Crippen LogP contribution in [0.4, 0.5) is 0 Å². The Morgan fingerprint density at radius 3 is 2.35 bits per heavy atom. The number of Topliss-reactive ketones (excluding diaryl/α,β-unsaturated/α-hetero) is 1. The molecule has 144 valence electrons. The molecule has 1 heterocycles. The maximum Gasteiger partial charge on any atom is 0.162 e. The van der Waals surface area contributed by atoms with Crippen molar-refractivity contribution in [3.8, 4) is 5.75 Å². The van der Waals surface area contributed by atoms with Gasteiger partial charge in [-0.25, -0.2) is 0 Å². The molecule has 0 spiro atoms. The number of fused-ring (bicyclic) bond motifs is 1. The van der Waals surface area contributed by atoms with E-state index in [0.717, 1.165) is 36.3 Å². The van der Waals surface area contributed by atoms with E-state index in [9.17, 15) is 4.79 Å². The first kappa shape index (κ1) is 20.7. The van der Waals surface area contributed by atoms with Crippen LogP contribution in [0.1, 0.15) is 109 Å². The van der Waals surface area contributed by atoms with Gasteiger partial charge in [-0.3, -0.25) is 4.79 Å². The van der Waals surface area contributed by atoms with Crippen molar-refractivity contribution in [3.63, 3.8) is 0 Å². The minimum Gasteiger partial charge on any atom is -0.461 e. The summed E-state index contributed by atoms with van der Waals surface area (Å²) in [5.41, 5.74) is 4.65. The maximum atomic E-state index is 12.8. The van der Waals surface area contributed by atoms with Crippen LogP contribution in [0.5, 0.6) is 5.75 Å². The molecule has 0 saturated carbocycles. The van der Waals surface area contributed by atoms with Gasteiger partial charge in [-0.15, -0.1) is 0 Å². The van der Waals surface area contributed by atoms with Crippen molar-refractivity contribution in [2.75, 3.05) is 0 Å². The van der Waals surface area contributed by atoms with Crippen LogP contribution in [0.25, 0.3) is 0 Å². The second-order valence-electron chi connectivity index (χ2n) is 8.31. The van der Waals surface area contributed by atoms with Crippen molar-refractivity contribution in [2.45, 2.75) is 98.3 Å². The average Bonchev–Trinajstić information content (AvgIpc) is 2.59. The quantitative estimate of drug-likeness (QED) is 0.442. The highest BCUT2D eigenvalue weighted by atomic mass is 16.5. The van der Waals surface area contributed by atoms with E-state index in [1.165, 1.54) is 36.0 Å². The van der Waals surface area contributed by atoms with Crippen LogP contribution in [0.3, 0.4) is 0 Å². The van der Waals surface area contributed by atoms with Crippen LogP contribution in [0, 0.1) is 0 Å². The van der Waals surface area contributed by atoms with Crippen LogP contribution in [-0.2, 0) is 11.2 Å². The molecule has 0 saturated heterocycles. The summed E-state index contributed by atoms with van der Waals surface area (Å²) in [5, 5.41) is 0. The standard InChI is InChI=1S/C24H36O2/c1-7-8-9-10-11-12-23(25)22-15-20-13-19(16(2)3)14-21(17(4)5)24(20)26-18(22)6/h13-14,16-17H,7-12,15H2,1-6H3. The SMILES string of the molecule is CCCCCCCC(=O)C1=C(C)Oc2c(cc(C(C)C)cc2C(C)C)C1. The molecule has 1 aliphatic rings. The van der Waals surface area contributed by atoms with Crippen molar-refractivity contribution < 1.29 is 9.53 Å². The number of carbonyl (C=O) groups excluding carboxylic acids is 1. The van der Waals surface area contributed by atoms with Gasteiger partial charge in [0.05, 0.1) is 0 Å². The van der Waals surface area contributed by atoms with E-state index in [2.05, 4.69) is 46.8 Å². The van der Waals surface area contributed by atoms with E-state index in [0.29, 0.717) is 18.3 Å². The minimum atomic E-state index is 0.269. The van der Waals surface area contributed by atoms with E-state index in [4.69, 9.17) is 4.74 Å². The summed E-state index contributed by atoms with van der Waals surface area (Å²) in [6.07, 6.45) is 7.24. The zero-order chi connectivity index (χ0) is 19.3. The first-order chi connectivity index (χ1) is 12.3. The van der Waals surface area contributed by atoms with Gasteiger partial charge in [0, 0.05) is 18.4 Å². The number of carbonyl (C=O) groups is 1. The number of hydrogen-bond donors (Lipinski definition) is 0.